The fourth-order valence-electron chi connectivity index (χ4n) is 13.5. The van der Waals surface area contributed by atoms with E-state index in [4.69, 9.17) is 117 Å². The van der Waals surface area contributed by atoms with Gasteiger partial charge in [0.2, 0.25) is 0 Å². The molecule has 29 heteroatoms. The van der Waals surface area contributed by atoms with Gasteiger partial charge in [0.05, 0.1) is 97.9 Å². The maximum absolute atomic E-state index is 11.7. The van der Waals surface area contributed by atoms with Crippen LogP contribution in [0.25, 0.3) is 56.3 Å². The summed E-state index contributed by atoms with van der Waals surface area (Å²) in [6.45, 7) is 6.57. The Morgan fingerprint density at radius 3 is 1.06 bits per heavy atom. The third-order valence-electron chi connectivity index (χ3n) is 19.9. The molecule has 0 unspecified atom stereocenters. The molecule has 17 rings (SSSR count). The number of nitrogens with zero attached hydrogens (tertiary/aromatic N) is 9. The molecule has 6 fully saturated rings. The van der Waals surface area contributed by atoms with Gasteiger partial charge in [0.1, 0.15) is 39.0 Å². The highest BCUT2D eigenvalue weighted by atomic mass is 79.9. The molecule has 5 aromatic carbocycles. The number of carboxylic acid groups (broad SMARTS) is 1. The molecule has 1 N–H and O–H groups in total. The average molecular weight is 1710 g/mol. The number of esters is 1. The number of terminal acetylenes is 1. The predicted molar refractivity (Wildman–Crippen MR) is 437 cm³/mol. The van der Waals surface area contributed by atoms with E-state index in [0.717, 1.165) is 198 Å². The number of aromatic nitrogens is 6. The third-order valence-corrected chi connectivity index (χ3v) is 25.2. The smallest absolute Gasteiger partial charge is 0.337 e. The van der Waals surface area contributed by atoms with E-state index >= 15 is 0 Å². The highest BCUT2D eigenvalue weighted by Gasteiger charge is 2.38. The molecule has 568 valence electrons. The minimum Gasteiger partial charge on any atom is -0.478 e. The summed E-state index contributed by atoms with van der Waals surface area (Å²) in [6.07, 6.45) is 20.6. The van der Waals surface area contributed by atoms with Crippen LogP contribution in [0.3, 0.4) is 0 Å². The molecule has 9 heterocycles. The number of halogens is 7. The van der Waals surface area contributed by atoms with Gasteiger partial charge in [-0.15, -0.1) is 46.9 Å². The summed E-state index contributed by atoms with van der Waals surface area (Å²) in [7, 11) is 1.38. The number of carboxylic acids is 1. The first kappa shape index (κ1) is 78.3. The van der Waals surface area contributed by atoms with Gasteiger partial charge in [-0.2, -0.15) is 0 Å². The second-order valence-electron chi connectivity index (χ2n) is 27.2. The van der Waals surface area contributed by atoms with E-state index in [0.29, 0.717) is 101 Å². The molecule has 19 nitrogen and oxygen atoms in total. The molecule has 6 aromatic heterocycles. The molecule has 0 spiro atoms. The van der Waals surface area contributed by atoms with Crippen LogP contribution in [0, 0.1) is 12.8 Å². The zero-order valence-electron chi connectivity index (χ0n) is 59.0. The fourth-order valence-corrected chi connectivity index (χ4v) is 18.4. The van der Waals surface area contributed by atoms with E-state index in [1.54, 1.807) is 70.4 Å². The lowest BCUT2D eigenvalue weighted by Crippen LogP contribution is -2.37. The van der Waals surface area contributed by atoms with Gasteiger partial charge in [-0.3, -0.25) is 0 Å². The number of rotatable bonds is 22. The van der Waals surface area contributed by atoms with Crippen molar-refractivity contribution in [2.45, 2.75) is 133 Å². The summed E-state index contributed by atoms with van der Waals surface area (Å²) in [4.78, 5) is 43.9. The lowest BCUT2D eigenvalue weighted by atomic mass is 10.0. The number of carbonyl (C=O) groups excluding carboxylic acids is 1. The molecule has 3 saturated heterocycles. The summed E-state index contributed by atoms with van der Waals surface area (Å²) in [5.41, 5.74) is 11.5. The number of benzene rings is 5. The van der Waals surface area contributed by atoms with E-state index in [1.807, 2.05) is 77.5 Å². The van der Waals surface area contributed by atoms with Crippen LogP contribution in [0.1, 0.15) is 151 Å². The SMILES string of the molecule is C#C.COC(=O)c1ccc(-c2csc(N3CCC(OCc4c(-c5c(Cl)cccc5Cl)noc4C4CC4)CC3)n2)cc1.Clc1cccc(Cl)c1-c1noc(C2CC2)c1COC1CCN(c2nc(Br)cs2)CC1.O=C(O)c1ccc(-c2csc(N3CCC(OCc4c(-c5c(Cl)cccc5Cl)noc4C4CC4)CC3)n2)cc1.[3HH]. The Kier molecular flexibility index (Phi) is 25.8. The van der Waals surface area contributed by atoms with E-state index in [1.165, 1.54) is 7.11 Å². The number of anilines is 3. The van der Waals surface area contributed by atoms with Crippen molar-refractivity contribution < 1.29 is 48.6 Å². The van der Waals surface area contributed by atoms with Crippen LogP contribution in [0.15, 0.2) is 137 Å². The number of carbonyl (C=O) groups is 2. The van der Waals surface area contributed by atoms with Gasteiger partial charge in [-0.05, 0) is 154 Å². The summed E-state index contributed by atoms with van der Waals surface area (Å²) < 4.78 is 42.1. The lowest BCUT2D eigenvalue weighted by molar-refractivity contribution is 0.0245. The van der Waals surface area contributed by atoms with Gasteiger partial charge < -0.3 is 52.3 Å². The molecule has 0 radical (unpaired) electrons. The second-order valence-corrected chi connectivity index (χ2v) is 32.9. The zero-order chi connectivity index (χ0) is 75.8. The molecule has 0 atom stereocenters. The maximum atomic E-state index is 11.7. The van der Waals surface area contributed by atoms with Crippen molar-refractivity contribution >= 4 is 147 Å². The molecule has 11 aromatic rings. The first-order chi connectivity index (χ1) is 53.1. The largest absolute Gasteiger partial charge is 0.478 e. The van der Waals surface area contributed by atoms with Crippen LogP contribution in [-0.4, -0.2) is 112 Å². The molecular weight excluding hydrogens is 1640 g/mol. The lowest BCUT2D eigenvalue weighted by Gasteiger charge is -2.31. The first-order valence-electron chi connectivity index (χ1n) is 35.9. The van der Waals surface area contributed by atoms with Gasteiger partial charge in [-0.25, -0.2) is 24.5 Å². The predicted octanol–water partition coefficient (Wildman–Crippen LogP) is 22.6. The van der Waals surface area contributed by atoms with Gasteiger partial charge in [0, 0.05) is 119 Å². The highest BCUT2D eigenvalue weighted by Crippen LogP contribution is 2.50. The normalized spacial score (nSPS) is 16.3. The third kappa shape index (κ3) is 18.7. The molecule has 0 bridgehead atoms. The highest BCUT2D eigenvalue weighted by molar-refractivity contribution is 9.10. The van der Waals surface area contributed by atoms with Gasteiger partial charge in [0.15, 0.2) is 15.4 Å². The van der Waals surface area contributed by atoms with Crippen molar-refractivity contribution in [3.05, 3.63) is 199 Å². The second kappa shape index (κ2) is 36.0. The van der Waals surface area contributed by atoms with Crippen LogP contribution >= 0.6 is 120 Å². The molecule has 3 saturated carbocycles. The average Bonchev–Trinajstić information content (AvgIpc) is 1.57. The minimum absolute atomic E-state index is 0. The van der Waals surface area contributed by atoms with Crippen LogP contribution in [0.4, 0.5) is 15.4 Å². The Hall–Kier alpha value is -7.38. The molecule has 3 aliphatic carbocycles. The van der Waals surface area contributed by atoms with Crippen molar-refractivity contribution in [2.24, 2.45) is 0 Å². The summed E-state index contributed by atoms with van der Waals surface area (Å²) >= 11 is 47.2. The topological polar surface area (TPSA) is 218 Å². The van der Waals surface area contributed by atoms with Gasteiger partial charge in [-0.1, -0.05) is 128 Å². The fraction of sp³-hybridized carbons (Fsp3) is 0.350. The molecule has 3 aliphatic heterocycles. The Morgan fingerprint density at radius 2 is 0.771 bits per heavy atom. The van der Waals surface area contributed by atoms with Crippen molar-refractivity contribution in [3.63, 3.8) is 0 Å². The summed E-state index contributed by atoms with van der Waals surface area (Å²) in [5, 5.41) is 34.6. The monoisotopic (exact) mass is 1710 g/mol. The van der Waals surface area contributed by atoms with Crippen molar-refractivity contribution in [1.29, 1.82) is 0 Å². The summed E-state index contributed by atoms with van der Waals surface area (Å²) in [6, 6.07) is 30.5. The number of aromatic carboxylic acids is 1. The Labute approximate surface area is 682 Å². The number of ether oxygens (including phenoxy) is 4. The minimum atomic E-state index is -0.933. The quantitative estimate of drug-likeness (QED) is 0.0493. The number of methoxy groups -OCH3 is 1. The molecule has 0 amide bonds. The van der Waals surface area contributed by atoms with E-state index < -0.39 is 5.97 Å². The zero-order valence-corrected chi connectivity index (χ0v) is 67.6. The first-order valence-corrected chi connectivity index (χ1v) is 41.6. The number of thiazole rings is 3. The van der Waals surface area contributed by atoms with E-state index in [-0.39, 0.29) is 31.3 Å². The Morgan fingerprint density at radius 1 is 0.468 bits per heavy atom. The number of piperidine rings is 3. The summed E-state index contributed by atoms with van der Waals surface area (Å²) in [5.74, 6) is 2.64. The Bertz CT molecular complexity index is 4940. The number of hydrogen-bond donors (Lipinski definition) is 1. The van der Waals surface area contributed by atoms with Crippen LogP contribution in [0.5, 0.6) is 0 Å². The van der Waals surface area contributed by atoms with E-state index in [9.17, 15) is 9.59 Å². The van der Waals surface area contributed by atoms with E-state index in [2.05, 4.69) is 69.3 Å². The number of hydrogen-bond acceptors (Lipinski definition) is 21. The van der Waals surface area contributed by atoms with Crippen LogP contribution < -0.4 is 14.7 Å². The standard InChI is InChI=1S/C29H27Cl2N3O4S.C28H25Cl2N3O4S.C21H20BrCl2N3O2S.C2H2.H2/c1-36-28(35)19-9-5-17(6-10-19)24-16-39-29(32-24)34-13-11-20(12-14-34)37-15-21-26(33-38-27(21)18-7-8-18)25-22(30)3-2-4-23(25)31;29-21-2-1-3-22(30)24(21)25-20(26(37-32-25)17-6-7-17)14-36-19-10-12-33(13-11-19)28-31-23(15-38-28)16-4-8-18(9-5-16)27(34)35;22-17-11-30-21(25-17)27-8-6-13(7-9-27)28-10-14-19(26-29-20(14)12-4-5-12)18-15(23)2-1-3-16(18)24;1-2;/h2-6,9-10,16,18,20H,7-8,11-15H2,1H3;1-5,8-9,15,17,19H,6-7,10-14H2,(H,34,35);1-3,11-13H,4-10H2;1-2H;1H/i;;;;1+2. The van der Waals surface area contributed by atoms with Gasteiger partial charge in [0.25, 0.3) is 0 Å². The maximum Gasteiger partial charge on any atom is 0.337 e. The van der Waals surface area contributed by atoms with Crippen molar-refractivity contribution in [1.82, 2.24) is 30.4 Å². The van der Waals surface area contributed by atoms with Crippen LogP contribution in [-0.2, 0) is 38.8 Å². The molecule has 109 heavy (non-hydrogen) atoms. The molecular formula is C80H76BrCl6N9O10S3. The van der Waals surface area contributed by atoms with Crippen molar-refractivity contribution in [2.75, 3.05) is 61.1 Å². The van der Waals surface area contributed by atoms with Crippen LogP contribution in [0.2, 0.25) is 30.1 Å². The molecule has 6 aliphatic rings. The van der Waals surface area contributed by atoms with Crippen molar-refractivity contribution in [3.8, 4) is 69.1 Å². The Balaban J connectivity index is 0.000000144. The van der Waals surface area contributed by atoms with Gasteiger partial charge >= 0.3 is 11.9 Å².